The van der Waals surface area contributed by atoms with Crippen LogP contribution in [0, 0.1) is 0 Å². The highest BCUT2D eigenvalue weighted by Gasteiger charge is 2.42. The van der Waals surface area contributed by atoms with Crippen LogP contribution < -0.4 is 14.8 Å². The van der Waals surface area contributed by atoms with Crippen LogP contribution >= 0.6 is 11.6 Å². The lowest BCUT2D eigenvalue weighted by atomic mass is 9.89. The van der Waals surface area contributed by atoms with E-state index in [9.17, 15) is 0 Å². The Labute approximate surface area is 157 Å². The van der Waals surface area contributed by atoms with Crippen LogP contribution in [-0.4, -0.2) is 13.1 Å². The number of nitrogens with one attached hydrogen (secondary N) is 1. The van der Waals surface area contributed by atoms with E-state index in [-0.39, 0.29) is 0 Å². The topological polar surface area (TPSA) is 43.6 Å². The minimum absolute atomic E-state index is 0.492. The van der Waals surface area contributed by atoms with Gasteiger partial charge in [-0.15, -0.1) is 0 Å². The van der Waals surface area contributed by atoms with Crippen molar-refractivity contribution >= 4 is 22.6 Å². The summed E-state index contributed by atoms with van der Waals surface area (Å²) in [5.41, 5.74) is 2.78. The monoisotopic (exact) mass is 369 g/mol. The predicted octanol–water partition coefficient (Wildman–Crippen LogP) is 5.20. The highest BCUT2D eigenvalue weighted by atomic mass is 35.5. The summed E-state index contributed by atoms with van der Waals surface area (Å²) in [4.78, 5) is 0. The fourth-order valence-electron chi connectivity index (χ4n) is 4.10. The second kappa shape index (κ2) is 5.93. The Kier molecular flexibility index (Phi) is 3.66. The zero-order valence-electron chi connectivity index (χ0n) is 14.5. The number of para-hydroxylation sites is 1. The maximum Gasteiger partial charge on any atom is 0.279 e. The summed E-state index contributed by atoms with van der Waals surface area (Å²) < 4.78 is 18.4. The number of piperidine rings is 1. The average molecular weight is 370 g/mol. The van der Waals surface area contributed by atoms with Gasteiger partial charge >= 0.3 is 0 Å². The van der Waals surface area contributed by atoms with Crippen LogP contribution in [0.1, 0.15) is 36.8 Å². The molecule has 4 nitrogen and oxygen atoms in total. The first-order valence-electron chi connectivity index (χ1n) is 9.03. The van der Waals surface area contributed by atoms with Gasteiger partial charge in [-0.05, 0) is 56.1 Å². The average Bonchev–Trinajstić information content (AvgIpc) is 3.27. The SMILES string of the molecule is C[C@]1(c2ccc(Cl)c3ccoc23)Oc2cccc(C3CCNCC3)c2O1. The second-order valence-electron chi connectivity index (χ2n) is 7.11. The maximum atomic E-state index is 6.44. The third kappa shape index (κ3) is 2.40. The third-order valence-electron chi connectivity index (χ3n) is 5.44. The molecule has 0 amide bonds. The smallest absolute Gasteiger partial charge is 0.279 e. The molecule has 0 aliphatic carbocycles. The number of halogens is 1. The van der Waals surface area contributed by atoms with Gasteiger partial charge in [0.05, 0.1) is 16.8 Å². The van der Waals surface area contributed by atoms with E-state index in [4.69, 9.17) is 25.5 Å². The predicted molar refractivity (Wildman–Crippen MR) is 101 cm³/mol. The molecular weight excluding hydrogens is 350 g/mol. The van der Waals surface area contributed by atoms with Crippen LogP contribution in [-0.2, 0) is 5.79 Å². The molecule has 134 valence electrons. The fraction of sp³-hybridized carbons (Fsp3) is 0.333. The first kappa shape index (κ1) is 16.0. The van der Waals surface area contributed by atoms with Crippen LogP contribution in [0.25, 0.3) is 11.0 Å². The van der Waals surface area contributed by atoms with E-state index in [0.29, 0.717) is 16.5 Å². The molecular formula is C21H20ClNO3. The van der Waals surface area contributed by atoms with Gasteiger partial charge in [-0.3, -0.25) is 0 Å². The molecule has 1 atom stereocenters. The molecule has 3 aromatic rings. The Balaban J connectivity index is 1.57. The van der Waals surface area contributed by atoms with Crippen molar-refractivity contribution in [2.75, 3.05) is 13.1 Å². The molecule has 26 heavy (non-hydrogen) atoms. The number of ether oxygens (including phenoxy) is 2. The second-order valence-corrected chi connectivity index (χ2v) is 7.51. The first-order chi connectivity index (χ1) is 12.7. The Hall–Kier alpha value is -2.17. The van der Waals surface area contributed by atoms with Crippen molar-refractivity contribution in [2.45, 2.75) is 31.5 Å². The summed E-state index contributed by atoms with van der Waals surface area (Å²) in [6.45, 7) is 4.01. The van der Waals surface area contributed by atoms with Crippen molar-refractivity contribution in [2.24, 2.45) is 0 Å². The highest BCUT2D eigenvalue weighted by molar-refractivity contribution is 6.35. The Bertz CT molecular complexity index is 977. The lowest BCUT2D eigenvalue weighted by Crippen LogP contribution is -2.32. The number of furan rings is 1. The molecule has 0 bridgehead atoms. The van der Waals surface area contributed by atoms with Crippen LogP contribution in [0.15, 0.2) is 47.1 Å². The zero-order chi connectivity index (χ0) is 17.7. The normalized spacial score (nSPS) is 22.8. The van der Waals surface area contributed by atoms with Crippen molar-refractivity contribution in [3.8, 4) is 11.5 Å². The van der Waals surface area contributed by atoms with Crippen LogP contribution in [0.5, 0.6) is 11.5 Å². The molecule has 2 aromatic carbocycles. The highest BCUT2D eigenvalue weighted by Crippen LogP contribution is 2.50. The van der Waals surface area contributed by atoms with Gasteiger partial charge in [-0.2, -0.15) is 0 Å². The Morgan fingerprint density at radius 1 is 1.08 bits per heavy atom. The molecule has 0 radical (unpaired) electrons. The lowest BCUT2D eigenvalue weighted by Gasteiger charge is -2.26. The minimum Gasteiger partial charge on any atom is -0.464 e. The molecule has 5 rings (SSSR count). The number of hydrogen-bond acceptors (Lipinski definition) is 4. The van der Waals surface area contributed by atoms with Gasteiger partial charge < -0.3 is 19.2 Å². The van der Waals surface area contributed by atoms with Crippen molar-refractivity contribution < 1.29 is 13.9 Å². The molecule has 1 N–H and O–H groups in total. The van der Waals surface area contributed by atoms with Crippen LogP contribution in [0.3, 0.4) is 0 Å². The molecule has 3 heterocycles. The molecule has 1 saturated heterocycles. The van der Waals surface area contributed by atoms with Crippen molar-refractivity contribution in [3.63, 3.8) is 0 Å². The molecule has 0 unspecified atom stereocenters. The minimum atomic E-state index is -0.938. The van der Waals surface area contributed by atoms with E-state index >= 15 is 0 Å². The van der Waals surface area contributed by atoms with Crippen molar-refractivity contribution in [3.05, 3.63) is 58.8 Å². The van der Waals surface area contributed by atoms with Crippen LogP contribution in [0.2, 0.25) is 5.02 Å². The van der Waals surface area contributed by atoms with E-state index in [1.54, 1.807) is 6.26 Å². The fourth-order valence-corrected chi connectivity index (χ4v) is 4.31. The molecule has 1 fully saturated rings. The van der Waals surface area contributed by atoms with Gasteiger partial charge in [0, 0.05) is 17.9 Å². The maximum absolute atomic E-state index is 6.44. The number of rotatable bonds is 2. The molecule has 0 saturated carbocycles. The van der Waals surface area contributed by atoms with Gasteiger partial charge in [-0.1, -0.05) is 23.7 Å². The van der Waals surface area contributed by atoms with E-state index in [1.165, 1.54) is 5.56 Å². The zero-order valence-corrected chi connectivity index (χ0v) is 15.3. The summed E-state index contributed by atoms with van der Waals surface area (Å²) in [7, 11) is 0. The van der Waals surface area contributed by atoms with E-state index in [0.717, 1.165) is 48.4 Å². The van der Waals surface area contributed by atoms with Crippen molar-refractivity contribution in [1.82, 2.24) is 5.32 Å². The quantitative estimate of drug-likeness (QED) is 0.674. The lowest BCUT2D eigenvalue weighted by molar-refractivity contribution is -0.0678. The Morgan fingerprint density at radius 3 is 2.77 bits per heavy atom. The molecule has 1 aromatic heterocycles. The number of benzene rings is 2. The van der Waals surface area contributed by atoms with Crippen molar-refractivity contribution in [1.29, 1.82) is 0 Å². The Morgan fingerprint density at radius 2 is 1.92 bits per heavy atom. The molecule has 5 heteroatoms. The first-order valence-corrected chi connectivity index (χ1v) is 9.41. The summed E-state index contributed by atoms with van der Waals surface area (Å²) >= 11 is 6.29. The summed E-state index contributed by atoms with van der Waals surface area (Å²) in [5, 5.41) is 4.95. The molecule has 2 aliphatic rings. The van der Waals surface area contributed by atoms with Gasteiger partial charge in [0.15, 0.2) is 11.5 Å². The number of hydrogen-bond donors (Lipinski definition) is 1. The van der Waals surface area contributed by atoms with E-state index in [2.05, 4.69) is 17.4 Å². The standard InChI is InChI=1S/C21H20ClNO3/c1-21(16-5-6-17(22)15-9-12-24-19(15)16)25-18-4-2-3-14(20(18)26-21)13-7-10-23-11-8-13/h2-6,9,12-13,23H,7-8,10-11H2,1H3/t21-/m0/s1. The summed E-state index contributed by atoms with van der Waals surface area (Å²) in [6, 6.07) is 11.8. The van der Waals surface area contributed by atoms with Gasteiger partial charge in [-0.25, -0.2) is 0 Å². The largest absolute Gasteiger partial charge is 0.464 e. The molecule has 2 aliphatic heterocycles. The summed E-state index contributed by atoms with van der Waals surface area (Å²) in [6.07, 6.45) is 3.87. The number of fused-ring (bicyclic) bond motifs is 2. The van der Waals surface area contributed by atoms with E-state index in [1.807, 2.05) is 31.2 Å². The molecule has 0 spiro atoms. The van der Waals surface area contributed by atoms with Gasteiger partial charge in [0.1, 0.15) is 5.58 Å². The van der Waals surface area contributed by atoms with E-state index < -0.39 is 5.79 Å². The third-order valence-corrected chi connectivity index (χ3v) is 5.77. The van der Waals surface area contributed by atoms with Gasteiger partial charge in [0.25, 0.3) is 5.79 Å². The van der Waals surface area contributed by atoms with Gasteiger partial charge in [0.2, 0.25) is 0 Å². The summed E-state index contributed by atoms with van der Waals surface area (Å²) in [5.74, 6) is 1.20. The van der Waals surface area contributed by atoms with Crippen LogP contribution in [0.4, 0.5) is 0 Å².